The van der Waals surface area contributed by atoms with Gasteiger partial charge in [0.15, 0.2) is 0 Å². The van der Waals surface area contributed by atoms with Crippen LogP contribution in [0.3, 0.4) is 0 Å². The summed E-state index contributed by atoms with van der Waals surface area (Å²) in [5.74, 6) is 0. The molecule has 3 heteroatoms. The first-order valence-corrected chi connectivity index (χ1v) is 20.7. The fraction of sp³-hybridized carbons (Fsp3) is 0.0351. The maximum absolute atomic E-state index is 5.61. The average molecular weight is 766 g/mol. The Morgan fingerprint density at radius 2 is 0.967 bits per heavy atom. The molecule has 2 heterocycles. The van der Waals surface area contributed by atoms with Gasteiger partial charge in [-0.2, -0.15) is 0 Å². The molecule has 0 bridgehead atoms. The summed E-state index contributed by atoms with van der Waals surface area (Å²) in [6, 6.07) is 79.5. The Balaban J connectivity index is 1.11. The van der Waals surface area contributed by atoms with E-state index in [-0.39, 0.29) is 6.17 Å². The van der Waals surface area contributed by atoms with Crippen LogP contribution in [0.25, 0.3) is 38.7 Å². The van der Waals surface area contributed by atoms with Gasteiger partial charge in [-0.05, 0) is 109 Å². The first-order valence-electron chi connectivity index (χ1n) is 20.7. The highest BCUT2D eigenvalue weighted by molar-refractivity contribution is 6.13. The van der Waals surface area contributed by atoms with Crippen LogP contribution in [0, 0.1) is 0 Å². The lowest BCUT2D eigenvalue weighted by atomic mass is 9.64. The Bertz CT molecular complexity index is 3120. The van der Waals surface area contributed by atoms with E-state index in [1.807, 2.05) is 0 Å². The van der Waals surface area contributed by atoms with Gasteiger partial charge < -0.3 is 10.2 Å². The Morgan fingerprint density at radius 1 is 0.433 bits per heavy atom. The third kappa shape index (κ3) is 5.19. The van der Waals surface area contributed by atoms with E-state index in [9.17, 15) is 0 Å². The Morgan fingerprint density at radius 3 is 1.65 bits per heavy atom. The van der Waals surface area contributed by atoms with Crippen molar-refractivity contribution >= 4 is 39.2 Å². The molecule has 1 N–H and O–H groups in total. The average Bonchev–Trinajstić information content (AvgIpc) is 3.61. The van der Waals surface area contributed by atoms with Crippen LogP contribution in [-0.2, 0) is 5.41 Å². The molecular weight excluding hydrogens is 727 g/mol. The molecule has 0 aromatic heterocycles. The largest absolute Gasteiger partial charge is 0.359 e. The quantitative estimate of drug-likeness (QED) is 0.189. The van der Waals surface area contributed by atoms with Crippen molar-refractivity contribution in [3.05, 3.63) is 263 Å². The topological polar surface area (TPSA) is 27.6 Å². The van der Waals surface area contributed by atoms with Gasteiger partial charge in [-0.3, -0.25) is 4.99 Å². The van der Waals surface area contributed by atoms with Crippen molar-refractivity contribution < 1.29 is 0 Å². The molecular formula is C57H39N3. The summed E-state index contributed by atoms with van der Waals surface area (Å²) in [6.45, 7) is 0. The molecule has 1 aliphatic carbocycles. The highest BCUT2D eigenvalue weighted by Gasteiger charge is 2.52. The number of rotatable bonds is 5. The summed E-state index contributed by atoms with van der Waals surface area (Å²) in [5, 5.41) is 6.40. The molecule has 9 aromatic carbocycles. The second-order valence-electron chi connectivity index (χ2n) is 15.9. The summed E-state index contributed by atoms with van der Waals surface area (Å²) in [5.41, 5.74) is 18.3. The summed E-state index contributed by atoms with van der Waals surface area (Å²) < 4.78 is 0. The van der Waals surface area contributed by atoms with Crippen LogP contribution in [0.4, 0.5) is 17.1 Å². The summed E-state index contributed by atoms with van der Waals surface area (Å²) >= 11 is 0. The van der Waals surface area contributed by atoms with E-state index in [1.54, 1.807) is 0 Å². The molecule has 0 fully saturated rings. The number of aliphatic imine (C=N–C) groups is 1. The zero-order valence-electron chi connectivity index (χ0n) is 32.8. The third-order valence-corrected chi connectivity index (χ3v) is 12.7. The Hall–Kier alpha value is -7.75. The SMILES string of the molecule is C1=C(c2ccccc2)NC(c2cccc3c2-c2cc4ccccc4cc2C32c3ccccc3N(c3ccccc3)c3ccccc32)N=C1c1ccc(-c2ccccc2)cc1. The molecule has 3 aliphatic rings. The summed E-state index contributed by atoms with van der Waals surface area (Å²) in [4.78, 5) is 8.05. The van der Waals surface area contributed by atoms with Crippen molar-refractivity contribution in [1.82, 2.24) is 5.32 Å². The van der Waals surface area contributed by atoms with Crippen molar-refractivity contribution in [1.29, 1.82) is 0 Å². The predicted molar refractivity (Wildman–Crippen MR) is 248 cm³/mol. The van der Waals surface area contributed by atoms with Crippen molar-refractivity contribution in [3.8, 4) is 22.3 Å². The van der Waals surface area contributed by atoms with Crippen molar-refractivity contribution in [3.63, 3.8) is 0 Å². The molecule has 0 amide bonds. The lowest BCUT2D eigenvalue weighted by Crippen LogP contribution is -2.36. The maximum Gasteiger partial charge on any atom is 0.146 e. The van der Waals surface area contributed by atoms with Crippen LogP contribution < -0.4 is 10.2 Å². The van der Waals surface area contributed by atoms with Gasteiger partial charge in [0.05, 0.1) is 22.5 Å². The zero-order chi connectivity index (χ0) is 39.6. The van der Waals surface area contributed by atoms with Crippen LogP contribution in [0.1, 0.15) is 45.1 Å². The maximum atomic E-state index is 5.61. The van der Waals surface area contributed by atoms with Gasteiger partial charge in [-0.25, -0.2) is 0 Å². The number of nitrogens with one attached hydrogen (secondary N) is 1. The van der Waals surface area contributed by atoms with Crippen LogP contribution in [0.5, 0.6) is 0 Å². The van der Waals surface area contributed by atoms with Gasteiger partial charge in [0.1, 0.15) is 6.17 Å². The number of allylic oxidation sites excluding steroid dienone is 1. The molecule has 2 aliphatic heterocycles. The highest BCUT2D eigenvalue weighted by atomic mass is 15.2. The van der Waals surface area contributed by atoms with Crippen molar-refractivity contribution in [2.24, 2.45) is 4.99 Å². The normalized spacial score (nSPS) is 15.6. The Labute approximate surface area is 350 Å². The minimum atomic E-state index is -0.588. The number of hydrogen-bond donors (Lipinski definition) is 1. The molecule has 12 rings (SSSR count). The highest BCUT2D eigenvalue weighted by Crippen LogP contribution is 2.64. The Kier molecular flexibility index (Phi) is 7.82. The fourth-order valence-corrected chi connectivity index (χ4v) is 10.1. The number of hydrogen-bond acceptors (Lipinski definition) is 3. The number of anilines is 3. The van der Waals surface area contributed by atoms with Gasteiger partial charge in [0.25, 0.3) is 0 Å². The van der Waals surface area contributed by atoms with Crippen LogP contribution >= 0.6 is 0 Å². The van der Waals surface area contributed by atoms with E-state index in [4.69, 9.17) is 4.99 Å². The van der Waals surface area contributed by atoms with E-state index in [0.717, 1.165) is 33.8 Å². The molecule has 0 saturated heterocycles. The molecule has 3 nitrogen and oxygen atoms in total. The monoisotopic (exact) mass is 765 g/mol. The van der Waals surface area contributed by atoms with Gasteiger partial charge in [-0.1, -0.05) is 182 Å². The molecule has 1 spiro atoms. The van der Waals surface area contributed by atoms with Gasteiger partial charge in [-0.15, -0.1) is 0 Å². The first kappa shape index (κ1) is 34.3. The molecule has 60 heavy (non-hydrogen) atoms. The number of para-hydroxylation sites is 3. The lowest BCUT2D eigenvalue weighted by Gasteiger charge is -2.45. The molecule has 1 unspecified atom stereocenters. The minimum absolute atomic E-state index is 0.353. The molecule has 1 atom stereocenters. The van der Waals surface area contributed by atoms with E-state index in [1.165, 1.54) is 66.7 Å². The van der Waals surface area contributed by atoms with Gasteiger partial charge >= 0.3 is 0 Å². The summed E-state index contributed by atoms with van der Waals surface area (Å²) in [7, 11) is 0. The van der Waals surface area contributed by atoms with Crippen molar-refractivity contribution in [2.45, 2.75) is 11.6 Å². The van der Waals surface area contributed by atoms with Crippen molar-refractivity contribution in [2.75, 3.05) is 4.90 Å². The zero-order valence-corrected chi connectivity index (χ0v) is 32.8. The molecule has 9 aromatic rings. The second kappa shape index (κ2) is 13.7. The van der Waals surface area contributed by atoms with Crippen LogP contribution in [0.2, 0.25) is 0 Å². The van der Waals surface area contributed by atoms with E-state index in [2.05, 4.69) is 235 Å². The number of benzene rings is 9. The van der Waals surface area contributed by atoms with Gasteiger partial charge in [0.2, 0.25) is 0 Å². The smallest absolute Gasteiger partial charge is 0.146 e. The molecule has 0 saturated carbocycles. The van der Waals surface area contributed by atoms with E-state index >= 15 is 0 Å². The van der Waals surface area contributed by atoms with E-state index in [0.29, 0.717) is 0 Å². The number of nitrogens with zero attached hydrogens (tertiary/aromatic N) is 2. The molecule has 0 radical (unpaired) electrons. The minimum Gasteiger partial charge on any atom is -0.359 e. The second-order valence-corrected chi connectivity index (χ2v) is 15.9. The standard InChI is InChI=1S/C57H39N3/c1-4-17-38(18-5-1)39-31-33-41(34-32-39)52-37-51(40-19-6-2-7-20-40)58-56(59-52)45-25-16-28-49-55(45)46-35-42-21-10-11-22-43(42)36-50(46)57(49)47-26-12-14-29-53(47)60(44-23-8-3-9-24-44)54-30-15-13-27-48(54)57/h1-37,56,58H. The van der Waals surface area contributed by atoms with Crippen LogP contribution in [-0.4, -0.2) is 5.71 Å². The third-order valence-electron chi connectivity index (χ3n) is 12.7. The predicted octanol–water partition coefficient (Wildman–Crippen LogP) is 13.8. The van der Waals surface area contributed by atoms with E-state index < -0.39 is 5.41 Å². The summed E-state index contributed by atoms with van der Waals surface area (Å²) in [6.07, 6.45) is 1.86. The molecule has 282 valence electrons. The first-order chi connectivity index (χ1) is 29.8. The van der Waals surface area contributed by atoms with Gasteiger partial charge in [0, 0.05) is 16.9 Å². The lowest BCUT2D eigenvalue weighted by molar-refractivity contribution is 0.663. The van der Waals surface area contributed by atoms with Crippen LogP contribution in [0.15, 0.2) is 229 Å². The fourth-order valence-electron chi connectivity index (χ4n) is 10.1. The number of fused-ring (bicyclic) bond motifs is 10.